The van der Waals surface area contributed by atoms with E-state index in [1.165, 1.54) is 18.3 Å². The first kappa shape index (κ1) is 11.6. The molecular weight excluding hydrogens is 234 g/mol. The second-order valence-electron chi connectivity index (χ2n) is 3.61. The van der Waals surface area contributed by atoms with E-state index in [-0.39, 0.29) is 5.91 Å². The van der Waals surface area contributed by atoms with E-state index in [2.05, 4.69) is 10.5 Å². The van der Waals surface area contributed by atoms with Crippen LogP contribution in [0.2, 0.25) is 0 Å². The maximum Gasteiger partial charge on any atom is 0.237 e. The lowest BCUT2D eigenvalue weighted by atomic mass is 10.3. The Labute approximate surface area is 103 Å². The van der Waals surface area contributed by atoms with Crippen LogP contribution in [0.4, 0.5) is 0 Å². The monoisotopic (exact) mass is 247 g/mol. The van der Waals surface area contributed by atoms with Crippen LogP contribution in [0.25, 0.3) is 5.69 Å². The molecule has 0 aliphatic rings. The van der Waals surface area contributed by atoms with E-state index in [9.17, 15) is 4.79 Å². The second-order valence-corrected chi connectivity index (χ2v) is 4.45. The molecule has 0 bridgehead atoms. The molecule has 5 heteroatoms. The van der Waals surface area contributed by atoms with Gasteiger partial charge in [0.1, 0.15) is 0 Å². The van der Waals surface area contributed by atoms with Gasteiger partial charge in [0.2, 0.25) is 10.7 Å². The minimum Gasteiger partial charge on any atom is -0.288 e. The van der Waals surface area contributed by atoms with Gasteiger partial charge in [-0.3, -0.25) is 9.36 Å². The molecular formula is C12H13N3OS. The number of carbonyl (C=O) groups excluding carboxylic acids is 1. The predicted octanol–water partition coefficient (Wildman–Crippen LogP) is 1.80. The van der Waals surface area contributed by atoms with Gasteiger partial charge in [0, 0.05) is 23.7 Å². The summed E-state index contributed by atoms with van der Waals surface area (Å²) >= 11 is 1.49. The zero-order valence-electron chi connectivity index (χ0n) is 9.68. The predicted molar refractivity (Wildman–Crippen MR) is 67.8 cm³/mol. The van der Waals surface area contributed by atoms with Crippen LogP contribution in [0.5, 0.6) is 0 Å². The first-order valence-corrected chi connectivity index (χ1v) is 6.09. The zero-order valence-corrected chi connectivity index (χ0v) is 10.5. The van der Waals surface area contributed by atoms with Crippen LogP contribution in [0.3, 0.4) is 0 Å². The molecule has 17 heavy (non-hydrogen) atoms. The molecule has 1 amide bonds. The zero-order chi connectivity index (χ0) is 12.3. The number of benzene rings is 1. The van der Waals surface area contributed by atoms with Crippen molar-refractivity contribution >= 4 is 17.2 Å². The highest BCUT2D eigenvalue weighted by atomic mass is 32.1. The van der Waals surface area contributed by atoms with Crippen LogP contribution < -0.4 is 10.2 Å². The fraction of sp³-hybridized carbons (Fsp3) is 0.167. The maximum atomic E-state index is 10.9. The number of aromatic nitrogens is 1. The lowest BCUT2D eigenvalue weighted by molar-refractivity contribution is -0.119. The van der Waals surface area contributed by atoms with Gasteiger partial charge in [-0.2, -0.15) is 0 Å². The minimum atomic E-state index is -0.171. The van der Waals surface area contributed by atoms with Crippen LogP contribution >= 0.6 is 11.3 Å². The summed E-state index contributed by atoms with van der Waals surface area (Å²) in [5.41, 5.74) is 4.59. The Hall–Kier alpha value is -1.88. The smallest absolute Gasteiger partial charge is 0.237 e. The largest absolute Gasteiger partial charge is 0.288 e. The van der Waals surface area contributed by atoms with Crippen LogP contribution in [0.1, 0.15) is 12.6 Å². The summed E-state index contributed by atoms with van der Waals surface area (Å²) in [6.45, 7) is 3.45. The first-order chi connectivity index (χ1) is 8.18. The van der Waals surface area contributed by atoms with Gasteiger partial charge in [0.15, 0.2) is 0 Å². The Kier molecular flexibility index (Phi) is 3.39. The number of para-hydroxylation sites is 1. The number of amides is 1. The molecule has 1 N–H and O–H groups in total. The number of hydrogen-bond donors (Lipinski definition) is 1. The van der Waals surface area contributed by atoms with E-state index in [4.69, 9.17) is 0 Å². The van der Waals surface area contributed by atoms with Crippen molar-refractivity contribution in [2.75, 3.05) is 0 Å². The summed E-state index contributed by atoms with van der Waals surface area (Å²) in [6, 6.07) is 9.93. The third kappa shape index (κ3) is 2.62. The molecule has 0 fully saturated rings. The van der Waals surface area contributed by atoms with Crippen molar-refractivity contribution in [2.45, 2.75) is 13.8 Å². The Morgan fingerprint density at radius 3 is 2.71 bits per heavy atom. The van der Waals surface area contributed by atoms with Crippen molar-refractivity contribution in [3.63, 3.8) is 0 Å². The standard InChI is InChI=1S/C12H13N3OS/c1-9-8-17-12(14-13-10(2)16)15(9)11-6-4-3-5-7-11/h3-8H,1-2H3,(H,13,16)/b14-12-. The van der Waals surface area contributed by atoms with Crippen LogP contribution in [0.15, 0.2) is 40.8 Å². The Morgan fingerprint density at radius 1 is 1.35 bits per heavy atom. The van der Waals surface area contributed by atoms with Gasteiger partial charge < -0.3 is 0 Å². The molecule has 0 aliphatic carbocycles. The van der Waals surface area contributed by atoms with Crippen molar-refractivity contribution in [1.29, 1.82) is 0 Å². The molecule has 4 nitrogen and oxygen atoms in total. The average Bonchev–Trinajstić information content (AvgIpc) is 2.69. The molecule has 2 rings (SSSR count). The number of nitrogens with one attached hydrogen (secondary N) is 1. The second kappa shape index (κ2) is 4.97. The SMILES string of the molecule is CC(=O)N/N=c1\scc(C)n1-c1ccccc1. The summed E-state index contributed by atoms with van der Waals surface area (Å²) in [6.07, 6.45) is 0. The lowest BCUT2D eigenvalue weighted by Crippen LogP contribution is -2.22. The van der Waals surface area contributed by atoms with Crippen molar-refractivity contribution in [3.05, 3.63) is 46.2 Å². The molecule has 0 atom stereocenters. The summed E-state index contributed by atoms with van der Waals surface area (Å²) in [5, 5.41) is 6.09. The molecule has 0 saturated heterocycles. The molecule has 0 radical (unpaired) electrons. The van der Waals surface area contributed by atoms with Gasteiger partial charge in [-0.25, -0.2) is 5.43 Å². The van der Waals surface area contributed by atoms with Gasteiger partial charge in [0.05, 0.1) is 0 Å². The van der Waals surface area contributed by atoms with Crippen LogP contribution in [0, 0.1) is 6.92 Å². The highest BCUT2D eigenvalue weighted by Gasteiger charge is 2.03. The molecule has 2 aromatic rings. The quantitative estimate of drug-likeness (QED) is 0.808. The third-order valence-electron chi connectivity index (χ3n) is 2.20. The number of aryl methyl sites for hydroxylation is 1. The van der Waals surface area contributed by atoms with E-state index < -0.39 is 0 Å². The third-order valence-corrected chi connectivity index (χ3v) is 3.15. The van der Waals surface area contributed by atoms with Gasteiger partial charge in [0.25, 0.3) is 0 Å². The Bertz CT molecular complexity index is 583. The van der Waals surface area contributed by atoms with Crippen molar-refractivity contribution in [2.24, 2.45) is 5.10 Å². The normalized spacial score (nSPS) is 11.5. The number of nitrogens with zero attached hydrogens (tertiary/aromatic N) is 2. The van der Waals surface area contributed by atoms with E-state index in [1.54, 1.807) is 0 Å². The summed E-state index contributed by atoms with van der Waals surface area (Å²) in [5.74, 6) is -0.171. The molecule has 0 saturated carbocycles. The molecule has 1 heterocycles. The van der Waals surface area contributed by atoms with E-state index in [1.807, 2.05) is 47.2 Å². The molecule has 0 aliphatic heterocycles. The summed E-state index contributed by atoms with van der Waals surface area (Å²) < 4.78 is 2.00. The number of rotatable bonds is 2. The summed E-state index contributed by atoms with van der Waals surface area (Å²) in [4.78, 5) is 11.6. The average molecular weight is 247 g/mol. The van der Waals surface area contributed by atoms with Gasteiger partial charge in [-0.1, -0.05) is 18.2 Å². The van der Waals surface area contributed by atoms with E-state index >= 15 is 0 Å². The fourth-order valence-electron chi connectivity index (χ4n) is 1.49. The Morgan fingerprint density at radius 2 is 2.06 bits per heavy atom. The first-order valence-electron chi connectivity index (χ1n) is 5.21. The van der Waals surface area contributed by atoms with Gasteiger partial charge in [-0.15, -0.1) is 16.4 Å². The van der Waals surface area contributed by atoms with Crippen molar-refractivity contribution in [1.82, 2.24) is 9.99 Å². The molecule has 88 valence electrons. The fourth-order valence-corrected chi connectivity index (χ4v) is 2.32. The van der Waals surface area contributed by atoms with Crippen molar-refractivity contribution in [3.8, 4) is 5.69 Å². The minimum absolute atomic E-state index is 0.171. The van der Waals surface area contributed by atoms with Gasteiger partial charge >= 0.3 is 0 Å². The van der Waals surface area contributed by atoms with Gasteiger partial charge in [-0.05, 0) is 19.1 Å². The van der Waals surface area contributed by atoms with E-state index in [0.717, 1.165) is 16.2 Å². The molecule has 1 aromatic heterocycles. The van der Waals surface area contributed by atoms with E-state index in [0.29, 0.717) is 0 Å². The summed E-state index contributed by atoms with van der Waals surface area (Å²) in [7, 11) is 0. The number of hydrogen-bond acceptors (Lipinski definition) is 3. The molecule has 0 unspecified atom stereocenters. The number of thiazole rings is 1. The highest BCUT2D eigenvalue weighted by Crippen LogP contribution is 2.09. The molecule has 1 aromatic carbocycles. The number of carbonyl (C=O) groups is 1. The Balaban J connectivity index is 2.51. The highest BCUT2D eigenvalue weighted by molar-refractivity contribution is 7.07. The molecule has 0 spiro atoms. The maximum absolute atomic E-state index is 10.9. The lowest BCUT2D eigenvalue weighted by Gasteiger charge is -2.04. The van der Waals surface area contributed by atoms with Crippen molar-refractivity contribution < 1.29 is 4.79 Å². The van der Waals surface area contributed by atoms with Crippen LogP contribution in [-0.2, 0) is 4.79 Å². The van der Waals surface area contributed by atoms with Crippen LogP contribution in [-0.4, -0.2) is 10.5 Å². The topological polar surface area (TPSA) is 46.4 Å².